The lowest BCUT2D eigenvalue weighted by Crippen LogP contribution is -2.53. The number of carbonyl (C=O) groups excluding carboxylic acids is 1. The van der Waals surface area contributed by atoms with Crippen LogP contribution in [0.5, 0.6) is 0 Å². The van der Waals surface area contributed by atoms with E-state index in [0.29, 0.717) is 11.8 Å². The fraction of sp³-hybridized carbons (Fsp3) is 0.964. The molecule has 4 bridgehead atoms. The highest BCUT2D eigenvalue weighted by Gasteiger charge is 2.54. The van der Waals surface area contributed by atoms with Crippen LogP contribution in [0.25, 0.3) is 0 Å². The third kappa shape index (κ3) is 7.76. The van der Waals surface area contributed by atoms with Gasteiger partial charge < -0.3 is 11.1 Å². The number of rotatable bonds is 15. The topological polar surface area (TPSA) is 55.1 Å². The van der Waals surface area contributed by atoms with Gasteiger partial charge in [-0.15, -0.1) is 0 Å². The quantitative estimate of drug-likeness (QED) is 0.274. The average molecular weight is 433 g/mol. The molecule has 0 aliphatic heterocycles. The molecular weight excluding hydrogens is 380 g/mol. The molecule has 0 aromatic rings. The van der Waals surface area contributed by atoms with Gasteiger partial charge in [0.05, 0.1) is 0 Å². The molecule has 4 saturated carbocycles. The Morgan fingerprint density at radius 3 is 1.97 bits per heavy atom. The van der Waals surface area contributed by atoms with Gasteiger partial charge in [0.2, 0.25) is 5.91 Å². The highest BCUT2D eigenvalue weighted by atomic mass is 16.2. The van der Waals surface area contributed by atoms with Gasteiger partial charge in [-0.25, -0.2) is 0 Å². The lowest BCUT2D eigenvalue weighted by molar-refractivity contribution is -0.146. The molecule has 1 amide bonds. The molecule has 1 unspecified atom stereocenters. The van der Waals surface area contributed by atoms with Gasteiger partial charge in [-0.3, -0.25) is 4.79 Å². The molecule has 1 atom stereocenters. The summed E-state index contributed by atoms with van der Waals surface area (Å²) in [4.78, 5) is 13.2. The van der Waals surface area contributed by atoms with E-state index >= 15 is 0 Å². The molecule has 0 saturated heterocycles. The molecule has 0 radical (unpaired) electrons. The van der Waals surface area contributed by atoms with Gasteiger partial charge in [0, 0.05) is 17.5 Å². The molecule has 31 heavy (non-hydrogen) atoms. The van der Waals surface area contributed by atoms with Gasteiger partial charge in [0.15, 0.2) is 0 Å². The van der Waals surface area contributed by atoms with Crippen LogP contribution in [0.15, 0.2) is 0 Å². The Hall–Kier alpha value is -0.570. The number of unbranched alkanes of at least 4 members (excludes halogenated alkanes) is 6. The van der Waals surface area contributed by atoms with E-state index in [1.54, 1.807) is 0 Å². The van der Waals surface area contributed by atoms with E-state index in [2.05, 4.69) is 26.1 Å². The Morgan fingerprint density at radius 2 is 1.42 bits per heavy atom. The SMILES string of the molecule is CCCCCCCCCC(CCCNC(=O)C12CC3CC(CC(C3)C1)C2)CC(C)(C)N. The van der Waals surface area contributed by atoms with E-state index in [4.69, 9.17) is 5.73 Å². The van der Waals surface area contributed by atoms with Gasteiger partial charge in [0.1, 0.15) is 0 Å². The minimum atomic E-state index is -0.0891. The third-order valence-corrected chi connectivity index (χ3v) is 8.63. The molecule has 3 N–H and O–H groups in total. The van der Waals surface area contributed by atoms with E-state index < -0.39 is 0 Å². The molecule has 0 heterocycles. The monoisotopic (exact) mass is 432 g/mol. The van der Waals surface area contributed by atoms with Crippen molar-refractivity contribution in [1.82, 2.24) is 5.32 Å². The first-order valence-electron chi connectivity index (χ1n) is 13.9. The molecule has 0 aromatic carbocycles. The Labute approximate surface area is 193 Å². The molecule has 4 fully saturated rings. The molecule has 4 aliphatic carbocycles. The predicted molar refractivity (Wildman–Crippen MR) is 132 cm³/mol. The average Bonchev–Trinajstić information content (AvgIpc) is 2.68. The van der Waals surface area contributed by atoms with Crippen molar-refractivity contribution < 1.29 is 4.79 Å². The van der Waals surface area contributed by atoms with Crippen LogP contribution < -0.4 is 11.1 Å². The van der Waals surface area contributed by atoms with Crippen LogP contribution in [-0.2, 0) is 4.79 Å². The van der Waals surface area contributed by atoms with Crippen LogP contribution in [0.3, 0.4) is 0 Å². The second kappa shape index (κ2) is 11.5. The maximum atomic E-state index is 13.2. The molecule has 180 valence electrons. The summed E-state index contributed by atoms with van der Waals surface area (Å²) >= 11 is 0. The van der Waals surface area contributed by atoms with Crippen LogP contribution >= 0.6 is 0 Å². The van der Waals surface area contributed by atoms with Crippen molar-refractivity contribution in [3.63, 3.8) is 0 Å². The van der Waals surface area contributed by atoms with Crippen molar-refractivity contribution in [2.45, 2.75) is 135 Å². The zero-order valence-electron chi connectivity index (χ0n) is 21.0. The van der Waals surface area contributed by atoms with Crippen LogP contribution in [0.4, 0.5) is 0 Å². The van der Waals surface area contributed by atoms with Crippen molar-refractivity contribution >= 4 is 5.91 Å². The highest BCUT2D eigenvalue weighted by molar-refractivity contribution is 5.83. The Bertz CT molecular complexity index is 514. The summed E-state index contributed by atoms with van der Waals surface area (Å²) in [5.41, 5.74) is 6.29. The first-order chi connectivity index (χ1) is 14.8. The minimum Gasteiger partial charge on any atom is -0.356 e. The second-order valence-electron chi connectivity index (χ2n) is 12.6. The first kappa shape index (κ1) is 25.1. The van der Waals surface area contributed by atoms with Crippen molar-refractivity contribution in [2.24, 2.45) is 34.8 Å². The van der Waals surface area contributed by atoms with Crippen LogP contribution in [-0.4, -0.2) is 18.0 Å². The molecule has 3 heteroatoms. The van der Waals surface area contributed by atoms with Crippen molar-refractivity contribution in [2.75, 3.05) is 6.54 Å². The molecule has 0 aromatic heterocycles. The first-order valence-corrected chi connectivity index (χ1v) is 13.9. The maximum Gasteiger partial charge on any atom is 0.226 e. The zero-order valence-corrected chi connectivity index (χ0v) is 21.0. The molecule has 0 spiro atoms. The number of amides is 1. The summed E-state index contributed by atoms with van der Waals surface area (Å²) < 4.78 is 0. The Balaban J connectivity index is 1.35. The minimum absolute atomic E-state index is 0.00514. The Morgan fingerprint density at radius 1 is 0.903 bits per heavy atom. The third-order valence-electron chi connectivity index (χ3n) is 8.63. The van der Waals surface area contributed by atoms with Gasteiger partial charge in [-0.1, -0.05) is 58.3 Å². The normalized spacial score (nSPS) is 30.5. The number of hydrogen-bond donors (Lipinski definition) is 2. The summed E-state index contributed by atoms with van der Waals surface area (Å²) in [6, 6.07) is 0. The summed E-state index contributed by atoms with van der Waals surface area (Å²) in [5, 5.41) is 3.38. The summed E-state index contributed by atoms with van der Waals surface area (Å²) in [6.07, 6.45) is 22.1. The lowest BCUT2D eigenvalue weighted by Gasteiger charge is -2.55. The van der Waals surface area contributed by atoms with E-state index in [-0.39, 0.29) is 11.0 Å². The summed E-state index contributed by atoms with van der Waals surface area (Å²) in [7, 11) is 0. The molecule has 4 rings (SSSR count). The van der Waals surface area contributed by atoms with Crippen molar-refractivity contribution in [3.8, 4) is 0 Å². The van der Waals surface area contributed by atoms with Crippen LogP contribution in [0.1, 0.15) is 130 Å². The Kier molecular flexibility index (Phi) is 9.32. The molecule has 4 aliphatic rings. The summed E-state index contributed by atoms with van der Waals surface area (Å²) in [6.45, 7) is 7.48. The lowest BCUT2D eigenvalue weighted by atomic mass is 9.49. The van der Waals surface area contributed by atoms with Gasteiger partial charge >= 0.3 is 0 Å². The zero-order chi connectivity index (χ0) is 22.3. The fourth-order valence-electron chi connectivity index (χ4n) is 7.65. The van der Waals surface area contributed by atoms with Gasteiger partial charge in [-0.05, 0) is 95.3 Å². The fourth-order valence-corrected chi connectivity index (χ4v) is 7.65. The van der Waals surface area contributed by atoms with E-state index in [1.165, 1.54) is 96.3 Å². The number of nitrogens with one attached hydrogen (secondary N) is 1. The van der Waals surface area contributed by atoms with Crippen molar-refractivity contribution in [1.29, 1.82) is 0 Å². The van der Waals surface area contributed by atoms with Gasteiger partial charge in [-0.2, -0.15) is 0 Å². The van der Waals surface area contributed by atoms with Crippen LogP contribution in [0, 0.1) is 29.1 Å². The maximum absolute atomic E-state index is 13.2. The van der Waals surface area contributed by atoms with Crippen molar-refractivity contribution in [3.05, 3.63) is 0 Å². The van der Waals surface area contributed by atoms with Gasteiger partial charge in [0.25, 0.3) is 0 Å². The smallest absolute Gasteiger partial charge is 0.226 e. The van der Waals surface area contributed by atoms with E-state index in [1.807, 2.05) is 0 Å². The summed E-state index contributed by atoms with van der Waals surface area (Å²) in [5.74, 6) is 3.63. The number of carbonyl (C=O) groups is 1. The van der Waals surface area contributed by atoms with E-state index in [9.17, 15) is 4.79 Å². The van der Waals surface area contributed by atoms with E-state index in [0.717, 1.165) is 37.1 Å². The molecular formula is C28H52N2O. The predicted octanol–water partition coefficient (Wildman–Crippen LogP) is 6.98. The number of nitrogens with two attached hydrogens (primary N) is 1. The second-order valence-corrected chi connectivity index (χ2v) is 12.6. The largest absolute Gasteiger partial charge is 0.356 e. The number of hydrogen-bond acceptors (Lipinski definition) is 2. The van der Waals surface area contributed by atoms with Crippen LogP contribution in [0.2, 0.25) is 0 Å². The standard InChI is InChI=1S/C28H52N2O/c1-4-5-6-7-8-9-10-12-22(18-27(2,3)29)13-11-14-30-26(31)28-19-23-15-24(20-28)17-25(16-23)21-28/h22-25H,4-21,29H2,1-3H3,(H,30,31). The molecule has 3 nitrogen and oxygen atoms in total. The highest BCUT2D eigenvalue weighted by Crippen LogP contribution is 2.60.